The summed E-state index contributed by atoms with van der Waals surface area (Å²) in [4.78, 5) is 0. The fraction of sp³-hybridized carbons (Fsp3) is 0.500. The van der Waals surface area contributed by atoms with Gasteiger partial charge in [-0.2, -0.15) is 0 Å². The topological polar surface area (TPSA) is 35.1 Å². The molecule has 2 nitrogen and oxygen atoms in total. The van der Waals surface area contributed by atoms with Gasteiger partial charge in [-0.05, 0) is 13.0 Å². The van der Waals surface area contributed by atoms with Gasteiger partial charge in [0.2, 0.25) is 0 Å². The van der Waals surface area contributed by atoms with Gasteiger partial charge in [0.15, 0.2) is 0 Å². The lowest BCUT2D eigenvalue weighted by atomic mass is 10.4. The Labute approximate surface area is 45.9 Å². The third kappa shape index (κ3) is 1.19. The molecule has 2 atom stereocenters. The Morgan fingerprint density at radius 2 is 2.57 bits per heavy atom. The van der Waals surface area contributed by atoms with Crippen molar-refractivity contribution in [3.63, 3.8) is 0 Å². The Hall–Kier alpha value is 0.01000. The molecule has 1 aliphatic rings. The van der Waals surface area contributed by atoms with Gasteiger partial charge in [-0.3, -0.25) is 0 Å². The Bertz CT molecular complexity index is 83.7. The first-order valence-corrected chi connectivity index (χ1v) is 3.35. The summed E-state index contributed by atoms with van der Waals surface area (Å²) >= 11 is -0.883. The van der Waals surface area contributed by atoms with Gasteiger partial charge in [-0.25, -0.2) is 0 Å². The molecule has 1 N–H and O–H groups in total. The fourth-order valence-corrected chi connectivity index (χ4v) is 1.35. The first kappa shape index (κ1) is 5.15. The van der Waals surface area contributed by atoms with Crippen LogP contribution in [0.4, 0.5) is 0 Å². The van der Waals surface area contributed by atoms with E-state index in [1.54, 1.807) is 5.41 Å². The van der Waals surface area contributed by atoms with Crippen LogP contribution < -0.4 is 4.72 Å². The minimum Gasteiger partial charge on any atom is -0.593 e. The minimum absolute atomic E-state index is 0.292. The zero-order valence-corrected chi connectivity index (χ0v) is 4.87. The van der Waals surface area contributed by atoms with Crippen molar-refractivity contribution in [1.82, 2.24) is 4.72 Å². The largest absolute Gasteiger partial charge is 0.593 e. The van der Waals surface area contributed by atoms with Gasteiger partial charge >= 0.3 is 0 Å². The van der Waals surface area contributed by atoms with Gasteiger partial charge < -0.3 is 4.55 Å². The van der Waals surface area contributed by atoms with E-state index in [4.69, 9.17) is 0 Å². The van der Waals surface area contributed by atoms with Crippen molar-refractivity contribution in [2.24, 2.45) is 0 Å². The van der Waals surface area contributed by atoms with Gasteiger partial charge in [-0.1, -0.05) is 0 Å². The molecule has 40 valence electrons. The number of rotatable bonds is 0. The fourth-order valence-electron chi connectivity index (χ4n) is 0.451. The van der Waals surface area contributed by atoms with E-state index in [2.05, 4.69) is 4.72 Å². The van der Waals surface area contributed by atoms with Crippen LogP contribution in [0.25, 0.3) is 0 Å². The standard InChI is InChI=1S/C4H7NOS/c1-4-2-3-7(6)5-4/h2-5H,1H3. The minimum atomic E-state index is -0.883. The Balaban J connectivity index is 2.42. The molecule has 0 radical (unpaired) electrons. The summed E-state index contributed by atoms with van der Waals surface area (Å²) in [5, 5.41) is 1.66. The SMILES string of the molecule is CC1C=C[S+]([O-])N1. The molecule has 3 heteroatoms. The molecule has 0 amide bonds. The lowest BCUT2D eigenvalue weighted by molar-refractivity contribution is 0.590. The quantitative estimate of drug-likeness (QED) is 0.458. The van der Waals surface area contributed by atoms with E-state index >= 15 is 0 Å². The second-order valence-corrected chi connectivity index (χ2v) is 2.64. The van der Waals surface area contributed by atoms with E-state index in [1.165, 1.54) is 0 Å². The molecule has 0 bridgehead atoms. The highest BCUT2D eigenvalue weighted by Crippen LogP contribution is 2.00. The van der Waals surface area contributed by atoms with Crippen LogP contribution >= 0.6 is 0 Å². The lowest BCUT2D eigenvalue weighted by Gasteiger charge is -1.99. The lowest BCUT2D eigenvalue weighted by Crippen LogP contribution is -2.22. The summed E-state index contributed by atoms with van der Waals surface area (Å²) in [5.41, 5.74) is 0. The zero-order valence-electron chi connectivity index (χ0n) is 4.05. The van der Waals surface area contributed by atoms with Gasteiger partial charge in [0.05, 0.1) is 17.4 Å². The predicted molar refractivity (Wildman–Crippen MR) is 29.9 cm³/mol. The molecule has 0 aromatic rings. The molecular formula is C4H7NOS. The normalized spacial score (nSPS) is 39.7. The van der Waals surface area contributed by atoms with Crippen LogP contribution in [0.15, 0.2) is 11.5 Å². The van der Waals surface area contributed by atoms with E-state index in [0.29, 0.717) is 6.04 Å². The third-order valence-electron chi connectivity index (χ3n) is 0.793. The third-order valence-corrected chi connectivity index (χ3v) is 1.80. The van der Waals surface area contributed by atoms with Crippen LogP contribution in [-0.4, -0.2) is 10.6 Å². The molecule has 0 aromatic carbocycles. The molecule has 0 saturated heterocycles. The van der Waals surface area contributed by atoms with Crippen LogP contribution in [0, 0.1) is 0 Å². The second kappa shape index (κ2) is 1.86. The second-order valence-electron chi connectivity index (χ2n) is 1.53. The molecule has 1 rings (SSSR count). The van der Waals surface area contributed by atoms with Crippen LogP contribution in [-0.2, 0) is 11.4 Å². The molecule has 1 aliphatic heterocycles. The van der Waals surface area contributed by atoms with E-state index in [1.807, 2.05) is 13.0 Å². The van der Waals surface area contributed by atoms with E-state index in [9.17, 15) is 4.55 Å². The summed E-state index contributed by atoms with van der Waals surface area (Å²) in [6, 6.07) is 0.292. The van der Waals surface area contributed by atoms with Gasteiger partial charge in [0.1, 0.15) is 5.41 Å². The summed E-state index contributed by atoms with van der Waals surface area (Å²) in [6.45, 7) is 1.96. The monoisotopic (exact) mass is 117 g/mol. The highest BCUT2D eigenvalue weighted by molar-refractivity contribution is 7.92. The van der Waals surface area contributed by atoms with E-state index in [-0.39, 0.29) is 0 Å². The number of hydrogen-bond donors (Lipinski definition) is 1. The Kier molecular flexibility index (Phi) is 1.37. The summed E-state index contributed by atoms with van der Waals surface area (Å²) in [5.74, 6) is 0. The zero-order chi connectivity index (χ0) is 5.28. The van der Waals surface area contributed by atoms with Crippen molar-refractivity contribution in [2.75, 3.05) is 0 Å². The molecule has 0 spiro atoms. The van der Waals surface area contributed by atoms with Gasteiger partial charge in [0, 0.05) is 0 Å². The maximum atomic E-state index is 10.4. The summed E-state index contributed by atoms with van der Waals surface area (Å²) in [7, 11) is 0. The van der Waals surface area contributed by atoms with Crippen molar-refractivity contribution < 1.29 is 4.55 Å². The number of nitrogens with one attached hydrogen (secondary N) is 1. The molecule has 0 aliphatic carbocycles. The summed E-state index contributed by atoms with van der Waals surface area (Å²) in [6.07, 6.45) is 1.89. The van der Waals surface area contributed by atoms with Crippen LogP contribution in [0.1, 0.15) is 6.92 Å². The van der Waals surface area contributed by atoms with Crippen molar-refractivity contribution in [3.8, 4) is 0 Å². The highest BCUT2D eigenvalue weighted by Gasteiger charge is 2.12. The molecule has 0 aromatic heterocycles. The van der Waals surface area contributed by atoms with Crippen molar-refractivity contribution in [2.45, 2.75) is 13.0 Å². The molecule has 0 saturated carbocycles. The first-order chi connectivity index (χ1) is 3.29. The molecule has 1 heterocycles. The Morgan fingerprint density at radius 3 is 2.71 bits per heavy atom. The summed E-state index contributed by atoms with van der Waals surface area (Å²) < 4.78 is 13.1. The smallest absolute Gasteiger partial charge is 0.136 e. The molecule has 0 fully saturated rings. The van der Waals surface area contributed by atoms with E-state index in [0.717, 1.165) is 0 Å². The van der Waals surface area contributed by atoms with Crippen LogP contribution in [0.5, 0.6) is 0 Å². The van der Waals surface area contributed by atoms with Gasteiger partial charge in [0.25, 0.3) is 0 Å². The molecule has 7 heavy (non-hydrogen) atoms. The predicted octanol–water partition coefficient (Wildman–Crippen LogP) is 0.156. The first-order valence-electron chi connectivity index (χ1n) is 2.14. The van der Waals surface area contributed by atoms with Crippen molar-refractivity contribution in [1.29, 1.82) is 0 Å². The van der Waals surface area contributed by atoms with E-state index < -0.39 is 11.4 Å². The average Bonchev–Trinajstić information content (AvgIpc) is 1.87. The highest BCUT2D eigenvalue weighted by atomic mass is 32.2. The van der Waals surface area contributed by atoms with Crippen molar-refractivity contribution >= 4 is 11.4 Å². The maximum Gasteiger partial charge on any atom is 0.136 e. The average molecular weight is 117 g/mol. The maximum absolute atomic E-state index is 10.4. The van der Waals surface area contributed by atoms with Crippen molar-refractivity contribution in [3.05, 3.63) is 11.5 Å². The van der Waals surface area contributed by atoms with Crippen LogP contribution in [0.3, 0.4) is 0 Å². The molecule has 2 unspecified atom stereocenters. The van der Waals surface area contributed by atoms with Gasteiger partial charge in [-0.15, -0.1) is 4.72 Å². The van der Waals surface area contributed by atoms with Crippen LogP contribution in [0.2, 0.25) is 0 Å². The molecular weight excluding hydrogens is 110 g/mol. The Morgan fingerprint density at radius 1 is 1.86 bits per heavy atom. The number of hydrogen-bond acceptors (Lipinski definition) is 2.